The van der Waals surface area contributed by atoms with Crippen LogP contribution in [0.1, 0.15) is 27.2 Å². The SMILES string of the molecule is CNC(CCOC(C)C(C)C)C(N)=O. The van der Waals surface area contributed by atoms with Crippen LogP contribution in [0.15, 0.2) is 0 Å². The second-order valence-corrected chi connectivity index (χ2v) is 3.85. The molecule has 0 bridgehead atoms. The molecule has 1 amide bonds. The van der Waals surface area contributed by atoms with Gasteiger partial charge in [-0.25, -0.2) is 0 Å². The van der Waals surface area contributed by atoms with Crippen molar-refractivity contribution in [1.82, 2.24) is 5.32 Å². The molecule has 0 aromatic rings. The van der Waals surface area contributed by atoms with Gasteiger partial charge >= 0.3 is 0 Å². The zero-order valence-corrected chi connectivity index (χ0v) is 9.54. The number of carbonyl (C=O) groups excluding carboxylic acids is 1. The van der Waals surface area contributed by atoms with E-state index in [4.69, 9.17) is 10.5 Å². The van der Waals surface area contributed by atoms with Gasteiger partial charge in [-0.3, -0.25) is 4.79 Å². The maximum absolute atomic E-state index is 10.8. The smallest absolute Gasteiger partial charge is 0.234 e. The van der Waals surface area contributed by atoms with Crippen LogP contribution >= 0.6 is 0 Å². The minimum absolute atomic E-state index is 0.223. The second kappa shape index (κ2) is 6.79. The highest BCUT2D eigenvalue weighted by Gasteiger charge is 2.13. The molecule has 0 heterocycles. The van der Waals surface area contributed by atoms with Gasteiger partial charge in [-0.1, -0.05) is 13.8 Å². The monoisotopic (exact) mass is 202 g/mol. The van der Waals surface area contributed by atoms with E-state index in [0.29, 0.717) is 18.9 Å². The summed E-state index contributed by atoms with van der Waals surface area (Å²) in [4.78, 5) is 10.8. The van der Waals surface area contributed by atoms with E-state index in [0.717, 1.165) is 0 Å². The van der Waals surface area contributed by atoms with Crippen molar-refractivity contribution in [2.45, 2.75) is 39.3 Å². The average Bonchev–Trinajstić information content (AvgIpc) is 2.11. The van der Waals surface area contributed by atoms with E-state index < -0.39 is 0 Å². The Morgan fingerprint density at radius 2 is 2.00 bits per heavy atom. The van der Waals surface area contributed by atoms with E-state index in [1.54, 1.807) is 7.05 Å². The van der Waals surface area contributed by atoms with Gasteiger partial charge < -0.3 is 15.8 Å². The molecule has 0 spiro atoms. The van der Waals surface area contributed by atoms with Gasteiger partial charge in [-0.2, -0.15) is 0 Å². The Hall–Kier alpha value is -0.610. The lowest BCUT2D eigenvalue weighted by Gasteiger charge is -2.18. The van der Waals surface area contributed by atoms with Gasteiger partial charge in [-0.15, -0.1) is 0 Å². The number of rotatable bonds is 7. The third kappa shape index (κ3) is 5.19. The highest BCUT2D eigenvalue weighted by Crippen LogP contribution is 2.06. The molecule has 0 rings (SSSR count). The van der Waals surface area contributed by atoms with Gasteiger partial charge in [0, 0.05) is 6.61 Å². The number of nitrogens with two attached hydrogens (primary N) is 1. The molecule has 4 nitrogen and oxygen atoms in total. The van der Waals surface area contributed by atoms with Crippen molar-refractivity contribution < 1.29 is 9.53 Å². The fourth-order valence-electron chi connectivity index (χ4n) is 0.993. The minimum atomic E-state index is -0.326. The molecule has 2 atom stereocenters. The molecule has 0 aliphatic heterocycles. The molecule has 0 saturated heterocycles. The Balaban J connectivity index is 3.66. The summed E-state index contributed by atoms with van der Waals surface area (Å²) in [5.41, 5.74) is 5.17. The molecule has 4 heteroatoms. The number of carbonyl (C=O) groups is 1. The number of ether oxygens (including phenoxy) is 1. The van der Waals surface area contributed by atoms with Crippen LogP contribution in [-0.4, -0.2) is 31.7 Å². The minimum Gasteiger partial charge on any atom is -0.378 e. The van der Waals surface area contributed by atoms with Crippen LogP contribution in [0.5, 0.6) is 0 Å². The molecule has 0 aromatic carbocycles. The second-order valence-electron chi connectivity index (χ2n) is 3.85. The van der Waals surface area contributed by atoms with E-state index >= 15 is 0 Å². The summed E-state index contributed by atoms with van der Waals surface area (Å²) in [6, 6.07) is -0.283. The molecular formula is C10H22N2O2. The van der Waals surface area contributed by atoms with Crippen LogP contribution in [0.3, 0.4) is 0 Å². The van der Waals surface area contributed by atoms with E-state index in [2.05, 4.69) is 19.2 Å². The molecular weight excluding hydrogens is 180 g/mol. The molecule has 0 fully saturated rings. The molecule has 14 heavy (non-hydrogen) atoms. The number of likely N-dealkylation sites (N-methyl/N-ethyl adjacent to an activating group) is 1. The van der Waals surface area contributed by atoms with E-state index in [1.165, 1.54) is 0 Å². The summed E-state index contributed by atoms with van der Waals surface area (Å²) in [5, 5.41) is 2.85. The van der Waals surface area contributed by atoms with Crippen LogP contribution in [0.25, 0.3) is 0 Å². The van der Waals surface area contributed by atoms with E-state index in [1.807, 2.05) is 6.92 Å². The highest BCUT2D eigenvalue weighted by molar-refractivity contribution is 5.79. The normalized spacial score (nSPS) is 15.5. The summed E-state index contributed by atoms with van der Waals surface area (Å²) >= 11 is 0. The van der Waals surface area contributed by atoms with Crippen LogP contribution in [0.4, 0.5) is 0 Å². The maximum Gasteiger partial charge on any atom is 0.234 e. The number of hydrogen-bond acceptors (Lipinski definition) is 3. The number of amides is 1. The summed E-state index contributed by atoms with van der Waals surface area (Å²) < 4.78 is 5.54. The van der Waals surface area contributed by atoms with Crippen molar-refractivity contribution in [2.75, 3.05) is 13.7 Å². The zero-order chi connectivity index (χ0) is 11.1. The lowest BCUT2D eigenvalue weighted by molar-refractivity contribution is -0.120. The van der Waals surface area contributed by atoms with Gasteiger partial charge in [0.05, 0.1) is 12.1 Å². The Kier molecular flexibility index (Phi) is 6.49. The van der Waals surface area contributed by atoms with Crippen molar-refractivity contribution in [1.29, 1.82) is 0 Å². The third-order valence-electron chi connectivity index (χ3n) is 2.42. The Morgan fingerprint density at radius 3 is 2.36 bits per heavy atom. The summed E-state index contributed by atoms with van der Waals surface area (Å²) in [5.74, 6) is 0.171. The lowest BCUT2D eigenvalue weighted by Crippen LogP contribution is -2.40. The summed E-state index contributed by atoms with van der Waals surface area (Å²) in [6.07, 6.45) is 0.850. The number of hydrogen-bond donors (Lipinski definition) is 2. The quantitative estimate of drug-likeness (QED) is 0.632. The topological polar surface area (TPSA) is 64.3 Å². The van der Waals surface area contributed by atoms with Gasteiger partial charge in [0.1, 0.15) is 0 Å². The number of primary amides is 1. The molecule has 2 unspecified atom stereocenters. The fourth-order valence-corrected chi connectivity index (χ4v) is 0.993. The van der Waals surface area contributed by atoms with Gasteiger partial charge in [-0.05, 0) is 26.3 Å². The van der Waals surface area contributed by atoms with Crippen molar-refractivity contribution in [3.8, 4) is 0 Å². The van der Waals surface area contributed by atoms with Crippen molar-refractivity contribution in [3.63, 3.8) is 0 Å². The first-order valence-electron chi connectivity index (χ1n) is 5.07. The van der Waals surface area contributed by atoms with Crippen LogP contribution in [0.2, 0.25) is 0 Å². The molecule has 0 aliphatic carbocycles. The Bertz CT molecular complexity index is 172. The molecule has 0 aromatic heterocycles. The van der Waals surface area contributed by atoms with Crippen LogP contribution < -0.4 is 11.1 Å². The Morgan fingerprint density at radius 1 is 1.43 bits per heavy atom. The first kappa shape index (κ1) is 13.4. The van der Waals surface area contributed by atoms with Gasteiger partial charge in [0.15, 0.2) is 0 Å². The fraction of sp³-hybridized carbons (Fsp3) is 0.900. The van der Waals surface area contributed by atoms with Crippen molar-refractivity contribution in [3.05, 3.63) is 0 Å². The molecule has 84 valence electrons. The largest absolute Gasteiger partial charge is 0.378 e. The predicted octanol–water partition coefficient (Wildman–Crippen LogP) is 0.511. The van der Waals surface area contributed by atoms with Gasteiger partial charge in [0.2, 0.25) is 5.91 Å². The first-order chi connectivity index (χ1) is 6.49. The van der Waals surface area contributed by atoms with E-state index in [-0.39, 0.29) is 18.1 Å². The lowest BCUT2D eigenvalue weighted by atomic mass is 10.1. The van der Waals surface area contributed by atoms with Crippen LogP contribution in [0, 0.1) is 5.92 Å². The summed E-state index contributed by atoms with van der Waals surface area (Å²) in [6.45, 7) is 6.81. The van der Waals surface area contributed by atoms with E-state index in [9.17, 15) is 4.79 Å². The zero-order valence-electron chi connectivity index (χ0n) is 9.54. The molecule has 3 N–H and O–H groups in total. The average molecular weight is 202 g/mol. The van der Waals surface area contributed by atoms with Gasteiger partial charge in [0.25, 0.3) is 0 Å². The maximum atomic E-state index is 10.8. The standard InChI is InChI=1S/C10H22N2O2/c1-7(2)8(3)14-6-5-9(12-4)10(11)13/h7-9,12H,5-6H2,1-4H3,(H2,11,13). The van der Waals surface area contributed by atoms with Crippen molar-refractivity contribution in [2.24, 2.45) is 11.7 Å². The molecule has 0 radical (unpaired) electrons. The molecule has 0 saturated carbocycles. The first-order valence-corrected chi connectivity index (χ1v) is 5.07. The third-order valence-corrected chi connectivity index (χ3v) is 2.42. The number of nitrogens with one attached hydrogen (secondary N) is 1. The Labute approximate surface area is 86.2 Å². The highest BCUT2D eigenvalue weighted by atomic mass is 16.5. The summed E-state index contributed by atoms with van der Waals surface area (Å²) in [7, 11) is 1.72. The predicted molar refractivity (Wildman–Crippen MR) is 56.9 cm³/mol. The molecule has 0 aliphatic rings. The van der Waals surface area contributed by atoms with Crippen molar-refractivity contribution >= 4 is 5.91 Å². The van der Waals surface area contributed by atoms with Crippen LogP contribution in [-0.2, 0) is 9.53 Å².